The molecule has 1 aromatic carbocycles. The number of amides is 1. The first-order valence-electron chi connectivity index (χ1n) is 11.7. The molecule has 0 bridgehead atoms. The number of ether oxygens (including phenoxy) is 1. The number of hydrogen-bond acceptors (Lipinski definition) is 6. The molecule has 1 unspecified atom stereocenters. The third-order valence-corrected chi connectivity index (χ3v) is 5.89. The molecule has 0 spiro atoms. The van der Waals surface area contributed by atoms with Crippen molar-refractivity contribution in [1.29, 1.82) is 0 Å². The lowest BCUT2D eigenvalue weighted by atomic mass is 9.96. The Morgan fingerprint density at radius 3 is 2.61 bits per heavy atom. The molecule has 1 saturated heterocycles. The highest BCUT2D eigenvalue weighted by Gasteiger charge is 2.45. The molecule has 1 amide bonds. The Morgan fingerprint density at radius 2 is 1.94 bits per heavy atom. The molecule has 33 heavy (non-hydrogen) atoms. The first kappa shape index (κ1) is 24.5. The van der Waals surface area contributed by atoms with Crippen LogP contribution in [0.5, 0.6) is 5.75 Å². The third kappa shape index (κ3) is 5.60. The van der Waals surface area contributed by atoms with E-state index in [0.717, 1.165) is 32.5 Å². The lowest BCUT2D eigenvalue weighted by molar-refractivity contribution is -0.140. The normalized spacial score (nSPS) is 17.7. The average molecular weight is 452 g/mol. The van der Waals surface area contributed by atoms with Crippen molar-refractivity contribution in [3.8, 4) is 5.75 Å². The van der Waals surface area contributed by atoms with Gasteiger partial charge in [-0.25, -0.2) is 0 Å². The quantitative estimate of drug-likeness (QED) is 0.316. The number of nitrogens with zero attached hydrogens (tertiary/aromatic N) is 3. The summed E-state index contributed by atoms with van der Waals surface area (Å²) in [6, 6.07) is 9.88. The zero-order chi connectivity index (χ0) is 23.8. The Hall–Kier alpha value is -3.19. The molecule has 3 rings (SSSR count). The van der Waals surface area contributed by atoms with Crippen LogP contribution in [0.1, 0.15) is 50.8 Å². The summed E-state index contributed by atoms with van der Waals surface area (Å²) >= 11 is 0. The van der Waals surface area contributed by atoms with Gasteiger partial charge in [0.05, 0.1) is 18.2 Å². The maximum Gasteiger partial charge on any atom is 0.295 e. The minimum absolute atomic E-state index is 0.0866. The highest BCUT2D eigenvalue weighted by atomic mass is 16.5. The molecule has 7 nitrogen and oxygen atoms in total. The van der Waals surface area contributed by atoms with E-state index in [1.165, 1.54) is 0 Å². The lowest BCUT2D eigenvalue weighted by Crippen LogP contribution is -2.33. The second-order valence-electron chi connectivity index (χ2n) is 8.04. The Bertz CT molecular complexity index is 986. The van der Waals surface area contributed by atoms with Crippen molar-refractivity contribution in [1.82, 2.24) is 14.8 Å². The van der Waals surface area contributed by atoms with Crippen molar-refractivity contribution < 1.29 is 19.4 Å². The van der Waals surface area contributed by atoms with E-state index in [2.05, 4.69) is 23.7 Å². The maximum absolute atomic E-state index is 13.1. The zero-order valence-corrected chi connectivity index (χ0v) is 19.7. The molecule has 0 radical (unpaired) electrons. The standard InChI is InChI=1S/C26H33N3O4/c1-4-16-33-21-12-7-10-19(17-21)24(30)22-23(20-11-8-13-27-18-20)29(26(32)25(22)31)15-9-14-28(5-2)6-3/h7-8,10-13,17-18,23,30H,4-6,9,14-16H2,1-3H3. The van der Waals surface area contributed by atoms with E-state index in [4.69, 9.17) is 4.74 Å². The van der Waals surface area contributed by atoms with E-state index in [-0.39, 0.29) is 11.3 Å². The summed E-state index contributed by atoms with van der Waals surface area (Å²) in [7, 11) is 0. The third-order valence-electron chi connectivity index (χ3n) is 5.89. The molecule has 0 aliphatic carbocycles. The molecule has 1 fully saturated rings. The van der Waals surface area contributed by atoms with Gasteiger partial charge in [0, 0.05) is 24.5 Å². The van der Waals surface area contributed by atoms with E-state index < -0.39 is 17.7 Å². The van der Waals surface area contributed by atoms with Crippen LogP contribution in [0.2, 0.25) is 0 Å². The topological polar surface area (TPSA) is 83.0 Å². The fourth-order valence-corrected chi connectivity index (χ4v) is 4.11. The SMILES string of the molecule is CCCOc1cccc(C(O)=C2C(=O)C(=O)N(CCCN(CC)CC)C2c2cccnc2)c1. The Labute approximate surface area is 195 Å². The summed E-state index contributed by atoms with van der Waals surface area (Å²) in [4.78, 5) is 34.2. The van der Waals surface area contributed by atoms with Gasteiger partial charge in [-0.15, -0.1) is 0 Å². The molecule has 1 aromatic heterocycles. The Balaban J connectivity index is 1.98. The maximum atomic E-state index is 13.1. The van der Waals surface area contributed by atoms with Crippen LogP contribution in [0.3, 0.4) is 0 Å². The summed E-state index contributed by atoms with van der Waals surface area (Å²) in [5.74, 6) is -0.866. The van der Waals surface area contributed by atoms with Gasteiger partial charge in [0.15, 0.2) is 0 Å². The highest BCUT2D eigenvalue weighted by molar-refractivity contribution is 6.46. The number of pyridine rings is 1. The van der Waals surface area contributed by atoms with E-state index in [0.29, 0.717) is 30.0 Å². The fourth-order valence-electron chi connectivity index (χ4n) is 4.11. The van der Waals surface area contributed by atoms with Gasteiger partial charge in [0.1, 0.15) is 11.5 Å². The predicted octanol–water partition coefficient (Wildman–Crippen LogP) is 4.02. The van der Waals surface area contributed by atoms with Crippen LogP contribution < -0.4 is 4.74 Å². The molecular weight excluding hydrogens is 418 g/mol. The number of ketones is 1. The van der Waals surface area contributed by atoms with Crippen LogP contribution in [-0.2, 0) is 9.59 Å². The summed E-state index contributed by atoms with van der Waals surface area (Å²) in [5, 5.41) is 11.2. The molecule has 2 heterocycles. The summed E-state index contributed by atoms with van der Waals surface area (Å²) in [6.45, 7) is 9.86. The molecule has 0 saturated carbocycles. The van der Waals surface area contributed by atoms with Gasteiger partial charge < -0.3 is 19.6 Å². The molecular formula is C26H33N3O4. The number of likely N-dealkylation sites (tertiary alicyclic amines) is 1. The van der Waals surface area contributed by atoms with Crippen LogP contribution in [-0.4, -0.2) is 64.4 Å². The number of carbonyl (C=O) groups is 2. The lowest BCUT2D eigenvalue weighted by Gasteiger charge is -2.26. The number of aliphatic hydroxyl groups excluding tert-OH is 1. The van der Waals surface area contributed by atoms with Gasteiger partial charge in [-0.05, 0) is 56.2 Å². The molecule has 2 aromatic rings. The van der Waals surface area contributed by atoms with Crippen LogP contribution >= 0.6 is 0 Å². The van der Waals surface area contributed by atoms with E-state index >= 15 is 0 Å². The second-order valence-corrected chi connectivity index (χ2v) is 8.04. The van der Waals surface area contributed by atoms with Crippen LogP contribution in [0.15, 0.2) is 54.4 Å². The van der Waals surface area contributed by atoms with Crippen LogP contribution in [0.25, 0.3) is 5.76 Å². The van der Waals surface area contributed by atoms with Gasteiger partial charge in [-0.1, -0.05) is 39.0 Å². The minimum atomic E-state index is -0.685. The predicted molar refractivity (Wildman–Crippen MR) is 128 cm³/mol. The van der Waals surface area contributed by atoms with Crippen LogP contribution in [0.4, 0.5) is 0 Å². The van der Waals surface area contributed by atoms with Gasteiger partial charge >= 0.3 is 0 Å². The van der Waals surface area contributed by atoms with E-state index in [9.17, 15) is 14.7 Å². The average Bonchev–Trinajstić information content (AvgIpc) is 3.10. The number of benzene rings is 1. The first-order valence-corrected chi connectivity index (χ1v) is 11.7. The van der Waals surface area contributed by atoms with Gasteiger partial charge in [0.25, 0.3) is 11.7 Å². The molecule has 176 valence electrons. The fraction of sp³-hybridized carbons (Fsp3) is 0.423. The van der Waals surface area contributed by atoms with Gasteiger partial charge in [0.2, 0.25) is 0 Å². The van der Waals surface area contributed by atoms with Crippen molar-refractivity contribution in [3.63, 3.8) is 0 Å². The molecule has 7 heteroatoms. The summed E-state index contributed by atoms with van der Waals surface area (Å²) in [5.41, 5.74) is 1.22. The monoisotopic (exact) mass is 451 g/mol. The molecule has 1 aliphatic heterocycles. The minimum Gasteiger partial charge on any atom is -0.507 e. The van der Waals surface area contributed by atoms with Crippen molar-refractivity contribution in [2.45, 2.75) is 39.7 Å². The second kappa shape index (κ2) is 11.6. The number of aliphatic hydroxyl groups is 1. The van der Waals surface area contributed by atoms with Gasteiger partial charge in [-0.3, -0.25) is 14.6 Å². The molecule has 1 aliphatic rings. The number of Topliss-reactive ketones (excluding diaryl/α,β-unsaturated/α-hetero) is 1. The molecule has 1 N–H and O–H groups in total. The number of rotatable bonds is 11. The van der Waals surface area contributed by atoms with Gasteiger partial charge in [-0.2, -0.15) is 0 Å². The molecule has 1 atom stereocenters. The largest absolute Gasteiger partial charge is 0.507 e. The zero-order valence-electron chi connectivity index (χ0n) is 19.7. The number of hydrogen-bond donors (Lipinski definition) is 1. The van der Waals surface area contributed by atoms with E-state index in [1.54, 1.807) is 47.6 Å². The van der Waals surface area contributed by atoms with Crippen molar-refractivity contribution in [3.05, 3.63) is 65.5 Å². The number of carbonyl (C=O) groups excluding carboxylic acids is 2. The van der Waals surface area contributed by atoms with Crippen molar-refractivity contribution >= 4 is 17.4 Å². The van der Waals surface area contributed by atoms with Crippen molar-refractivity contribution in [2.75, 3.05) is 32.8 Å². The number of aromatic nitrogens is 1. The summed E-state index contributed by atoms with van der Waals surface area (Å²) in [6.07, 6.45) is 4.87. The Morgan fingerprint density at radius 1 is 1.15 bits per heavy atom. The first-order chi connectivity index (χ1) is 16.0. The van der Waals surface area contributed by atoms with E-state index in [1.807, 2.05) is 13.0 Å². The smallest absolute Gasteiger partial charge is 0.295 e. The summed E-state index contributed by atoms with van der Waals surface area (Å²) < 4.78 is 5.68. The van der Waals surface area contributed by atoms with Crippen LogP contribution in [0, 0.1) is 0 Å². The Kier molecular flexibility index (Phi) is 8.60. The van der Waals surface area contributed by atoms with Crippen molar-refractivity contribution in [2.24, 2.45) is 0 Å². The highest BCUT2D eigenvalue weighted by Crippen LogP contribution is 2.39.